The molecule has 0 radical (unpaired) electrons. The molecule has 2 aromatic rings. The van der Waals surface area contributed by atoms with Crippen LogP contribution in [0.4, 0.5) is 13.6 Å². The van der Waals surface area contributed by atoms with Gasteiger partial charge in [-0.3, -0.25) is 9.69 Å². The second kappa shape index (κ2) is 13.3. The van der Waals surface area contributed by atoms with E-state index < -0.39 is 12.1 Å². The maximum atomic E-state index is 13.6. The number of benzene rings is 2. The van der Waals surface area contributed by atoms with Gasteiger partial charge in [-0.25, -0.2) is 13.6 Å². The Labute approximate surface area is 243 Å². The average Bonchev–Trinajstić information content (AvgIpc) is 3.48. The standard InChI is InChI=1S/C33H45F2N3O3/c1-33(2,3)18-5-6-30(37(4)32(40)41)31(39)36-29-16-11-24-20-38(21-28(24)29)19-17-27(22-7-12-25(34)13-8-22)23-9-14-26(35)15-10-23/h7-10,12-15,24,27-30H,5-6,11,16-21H2,1-4H3,(H,36,39)(H,40,41)/t24-,28+,29+,30+/m1/s1. The van der Waals surface area contributed by atoms with Gasteiger partial charge in [0.15, 0.2) is 0 Å². The summed E-state index contributed by atoms with van der Waals surface area (Å²) in [6, 6.07) is 12.4. The van der Waals surface area contributed by atoms with Crippen LogP contribution in [-0.2, 0) is 4.79 Å². The topological polar surface area (TPSA) is 72.9 Å². The third kappa shape index (κ3) is 8.28. The van der Waals surface area contributed by atoms with Gasteiger partial charge in [0.05, 0.1) is 0 Å². The number of halogens is 2. The van der Waals surface area contributed by atoms with Crippen LogP contribution in [0.5, 0.6) is 0 Å². The molecule has 2 aliphatic rings. The highest BCUT2D eigenvalue weighted by atomic mass is 19.1. The minimum absolute atomic E-state index is 0.0209. The van der Waals surface area contributed by atoms with E-state index in [0.717, 1.165) is 67.8 Å². The van der Waals surface area contributed by atoms with Crippen LogP contribution in [0, 0.1) is 28.9 Å². The molecule has 2 aromatic carbocycles. The summed E-state index contributed by atoms with van der Waals surface area (Å²) in [5.74, 6) is 0.0931. The fourth-order valence-electron chi connectivity index (χ4n) is 6.69. The summed E-state index contributed by atoms with van der Waals surface area (Å²) in [7, 11) is 1.48. The number of nitrogens with one attached hydrogen (secondary N) is 1. The van der Waals surface area contributed by atoms with Crippen LogP contribution >= 0.6 is 0 Å². The summed E-state index contributed by atoms with van der Waals surface area (Å²) in [6.45, 7) is 9.11. The predicted molar refractivity (Wildman–Crippen MR) is 157 cm³/mol. The monoisotopic (exact) mass is 569 g/mol. The number of fused-ring (bicyclic) bond motifs is 1. The van der Waals surface area contributed by atoms with Crippen molar-refractivity contribution in [2.75, 3.05) is 26.7 Å². The van der Waals surface area contributed by atoms with Gasteiger partial charge in [0.25, 0.3) is 0 Å². The van der Waals surface area contributed by atoms with Gasteiger partial charge in [-0.05, 0) is 91.3 Å². The molecule has 4 rings (SSSR count). The fraction of sp³-hybridized carbons (Fsp3) is 0.576. The Hall–Kier alpha value is -3.00. The number of carbonyl (C=O) groups excluding carboxylic acids is 1. The Bertz CT molecular complexity index is 1120. The fourth-order valence-corrected chi connectivity index (χ4v) is 6.69. The Morgan fingerprint density at radius 2 is 1.56 bits per heavy atom. The molecule has 0 spiro atoms. The van der Waals surface area contributed by atoms with Crippen molar-refractivity contribution in [2.45, 2.75) is 77.3 Å². The van der Waals surface area contributed by atoms with E-state index in [1.807, 2.05) is 0 Å². The van der Waals surface area contributed by atoms with Gasteiger partial charge in [-0.15, -0.1) is 0 Å². The lowest BCUT2D eigenvalue weighted by Gasteiger charge is -2.29. The molecule has 2 fully saturated rings. The van der Waals surface area contributed by atoms with Crippen LogP contribution in [-0.4, -0.2) is 65.7 Å². The molecule has 1 saturated heterocycles. The van der Waals surface area contributed by atoms with Crippen molar-refractivity contribution in [1.82, 2.24) is 15.1 Å². The molecular formula is C33H45F2N3O3. The van der Waals surface area contributed by atoms with Crippen molar-refractivity contribution in [3.05, 3.63) is 71.3 Å². The minimum Gasteiger partial charge on any atom is -0.465 e. The lowest BCUT2D eigenvalue weighted by Crippen LogP contribution is -2.51. The first-order chi connectivity index (χ1) is 19.4. The molecule has 0 unspecified atom stereocenters. The number of likely N-dealkylation sites (tertiary alicyclic amines) is 1. The molecule has 41 heavy (non-hydrogen) atoms. The molecule has 1 aliphatic carbocycles. The summed E-state index contributed by atoms with van der Waals surface area (Å²) in [5, 5.41) is 12.8. The van der Waals surface area contributed by atoms with E-state index in [9.17, 15) is 23.5 Å². The molecule has 0 aromatic heterocycles. The van der Waals surface area contributed by atoms with Crippen LogP contribution in [0.3, 0.4) is 0 Å². The lowest BCUT2D eigenvalue weighted by atomic mass is 9.88. The highest BCUT2D eigenvalue weighted by Gasteiger charge is 2.44. The Morgan fingerprint density at radius 1 is 0.976 bits per heavy atom. The average molecular weight is 570 g/mol. The van der Waals surface area contributed by atoms with Crippen molar-refractivity contribution in [2.24, 2.45) is 17.3 Å². The van der Waals surface area contributed by atoms with E-state index in [4.69, 9.17) is 0 Å². The number of likely N-dealkylation sites (N-methyl/N-ethyl adjacent to an activating group) is 1. The van der Waals surface area contributed by atoms with E-state index >= 15 is 0 Å². The van der Waals surface area contributed by atoms with E-state index in [1.165, 1.54) is 31.3 Å². The van der Waals surface area contributed by atoms with Crippen LogP contribution in [0.2, 0.25) is 0 Å². The van der Waals surface area contributed by atoms with Crippen molar-refractivity contribution in [3.63, 3.8) is 0 Å². The zero-order valence-corrected chi connectivity index (χ0v) is 24.8. The van der Waals surface area contributed by atoms with Crippen molar-refractivity contribution < 1.29 is 23.5 Å². The number of amides is 2. The molecule has 224 valence electrons. The normalized spacial score (nSPS) is 21.6. The Morgan fingerprint density at radius 3 is 2.10 bits per heavy atom. The third-order valence-electron chi connectivity index (χ3n) is 9.02. The largest absolute Gasteiger partial charge is 0.465 e. The van der Waals surface area contributed by atoms with E-state index in [-0.39, 0.29) is 34.9 Å². The number of carbonyl (C=O) groups is 2. The summed E-state index contributed by atoms with van der Waals surface area (Å²) in [6.07, 6.45) is 3.88. The van der Waals surface area contributed by atoms with Crippen molar-refractivity contribution in [3.8, 4) is 0 Å². The van der Waals surface area contributed by atoms with Crippen molar-refractivity contribution >= 4 is 12.0 Å². The number of rotatable bonds is 11. The highest BCUT2D eigenvalue weighted by molar-refractivity contribution is 5.85. The van der Waals surface area contributed by atoms with Gasteiger partial charge in [0.2, 0.25) is 5.91 Å². The van der Waals surface area contributed by atoms with Crippen LogP contribution in [0.25, 0.3) is 0 Å². The zero-order chi connectivity index (χ0) is 29.7. The molecular weight excluding hydrogens is 524 g/mol. The molecule has 1 heterocycles. The van der Waals surface area contributed by atoms with E-state index in [0.29, 0.717) is 18.3 Å². The van der Waals surface area contributed by atoms with Gasteiger partial charge in [0.1, 0.15) is 17.7 Å². The molecule has 4 atom stereocenters. The predicted octanol–water partition coefficient (Wildman–Crippen LogP) is 6.51. The Balaban J connectivity index is 1.37. The van der Waals surface area contributed by atoms with Crippen LogP contribution in [0.1, 0.15) is 76.3 Å². The van der Waals surface area contributed by atoms with E-state index in [1.54, 1.807) is 24.3 Å². The molecule has 0 bridgehead atoms. The number of hydrogen-bond donors (Lipinski definition) is 2. The summed E-state index contributed by atoms with van der Waals surface area (Å²) < 4.78 is 27.2. The molecule has 6 nitrogen and oxygen atoms in total. The third-order valence-corrected chi connectivity index (χ3v) is 9.02. The second-order valence-corrected chi connectivity index (χ2v) is 13.2. The minimum atomic E-state index is -1.09. The van der Waals surface area contributed by atoms with Gasteiger partial charge < -0.3 is 15.3 Å². The maximum absolute atomic E-state index is 13.6. The Kier molecular flexibility index (Phi) is 10.1. The summed E-state index contributed by atoms with van der Waals surface area (Å²) in [5.41, 5.74) is 2.13. The highest BCUT2D eigenvalue weighted by Crippen LogP contribution is 2.39. The molecule has 8 heteroatoms. The molecule has 2 amide bonds. The van der Waals surface area contributed by atoms with Gasteiger partial charge >= 0.3 is 6.09 Å². The first kappa shape index (κ1) is 30.9. The van der Waals surface area contributed by atoms with Gasteiger partial charge in [0, 0.05) is 32.1 Å². The first-order valence-electron chi connectivity index (χ1n) is 14.9. The first-order valence-corrected chi connectivity index (χ1v) is 14.9. The maximum Gasteiger partial charge on any atom is 0.407 e. The SMILES string of the molecule is CN(C(=O)O)[C@@H](CCCC(C)(C)C)C(=O)N[C@H]1CC[C@@H]2CN(CCC(c3ccc(F)cc3)c3ccc(F)cc3)C[C@@H]21. The molecule has 1 aliphatic heterocycles. The smallest absolute Gasteiger partial charge is 0.407 e. The van der Waals surface area contributed by atoms with Crippen molar-refractivity contribution in [1.29, 1.82) is 0 Å². The summed E-state index contributed by atoms with van der Waals surface area (Å²) >= 11 is 0. The number of nitrogens with zero attached hydrogens (tertiary/aromatic N) is 2. The quantitative estimate of drug-likeness (QED) is 0.324. The number of hydrogen-bond acceptors (Lipinski definition) is 3. The van der Waals surface area contributed by atoms with Gasteiger partial charge in [-0.2, -0.15) is 0 Å². The number of carboxylic acid groups (broad SMARTS) is 1. The summed E-state index contributed by atoms with van der Waals surface area (Å²) in [4.78, 5) is 28.7. The van der Waals surface area contributed by atoms with Gasteiger partial charge in [-0.1, -0.05) is 51.5 Å². The van der Waals surface area contributed by atoms with E-state index in [2.05, 4.69) is 31.0 Å². The zero-order valence-electron chi connectivity index (χ0n) is 24.8. The van der Waals surface area contributed by atoms with Crippen LogP contribution in [0.15, 0.2) is 48.5 Å². The lowest BCUT2D eigenvalue weighted by molar-refractivity contribution is -0.126. The van der Waals surface area contributed by atoms with Crippen LogP contribution < -0.4 is 5.32 Å². The molecule has 1 saturated carbocycles. The second-order valence-electron chi connectivity index (χ2n) is 13.2. The molecule has 2 N–H and O–H groups in total.